The summed E-state index contributed by atoms with van der Waals surface area (Å²) < 4.78 is 5.50. The highest BCUT2D eigenvalue weighted by atomic mass is 127. The summed E-state index contributed by atoms with van der Waals surface area (Å²) in [6.45, 7) is 5.45. The minimum atomic E-state index is 0. The van der Waals surface area contributed by atoms with Gasteiger partial charge in [-0.15, -0.1) is 24.0 Å². The highest BCUT2D eigenvalue weighted by Crippen LogP contribution is 2.14. The lowest BCUT2D eigenvalue weighted by Gasteiger charge is -2.27. The predicted octanol–water partition coefficient (Wildman–Crippen LogP) is 2.61. The van der Waals surface area contributed by atoms with Gasteiger partial charge in [-0.2, -0.15) is 11.8 Å². The molecule has 1 aliphatic rings. The molecule has 1 fully saturated rings. The molecule has 0 atom stereocenters. The van der Waals surface area contributed by atoms with E-state index in [1.165, 1.54) is 5.56 Å². The molecule has 6 heteroatoms. The zero-order chi connectivity index (χ0) is 14.2. The van der Waals surface area contributed by atoms with Gasteiger partial charge in [0.25, 0.3) is 0 Å². The van der Waals surface area contributed by atoms with Gasteiger partial charge in [0.05, 0.1) is 6.61 Å². The lowest BCUT2D eigenvalue weighted by atomic mass is 10.1. The molecule has 1 aromatic carbocycles. The van der Waals surface area contributed by atoms with Gasteiger partial charge in [-0.05, 0) is 31.0 Å². The van der Waals surface area contributed by atoms with Crippen LogP contribution in [-0.2, 0) is 6.42 Å². The molecule has 1 saturated heterocycles. The summed E-state index contributed by atoms with van der Waals surface area (Å²) in [7, 11) is 0. The second kappa shape index (κ2) is 10.2. The molecule has 0 aromatic heterocycles. The molecule has 0 unspecified atom stereocenters. The molecule has 2 rings (SSSR count). The summed E-state index contributed by atoms with van der Waals surface area (Å²) in [6, 6.07) is 8.18. The maximum Gasteiger partial charge on any atom is 0.191 e. The topological polar surface area (TPSA) is 50.9 Å². The number of thioether (sulfide) groups is 1. The van der Waals surface area contributed by atoms with Gasteiger partial charge in [0.15, 0.2) is 5.96 Å². The van der Waals surface area contributed by atoms with Gasteiger partial charge in [-0.25, -0.2) is 0 Å². The highest BCUT2D eigenvalue weighted by molar-refractivity contribution is 14.0. The van der Waals surface area contributed by atoms with Crippen LogP contribution in [0.4, 0.5) is 0 Å². The maximum atomic E-state index is 6.03. The smallest absolute Gasteiger partial charge is 0.191 e. The first-order chi connectivity index (χ1) is 9.79. The average Bonchev–Trinajstić information content (AvgIpc) is 2.49. The van der Waals surface area contributed by atoms with E-state index in [2.05, 4.69) is 22.0 Å². The number of hydrogen-bond acceptors (Lipinski definition) is 3. The Morgan fingerprint density at radius 1 is 1.38 bits per heavy atom. The Bertz CT molecular complexity index is 450. The van der Waals surface area contributed by atoms with Crippen molar-refractivity contribution >= 4 is 41.7 Å². The second-order valence-corrected chi connectivity index (χ2v) is 5.89. The zero-order valence-corrected chi connectivity index (χ0v) is 15.6. The number of guanidine groups is 1. The largest absolute Gasteiger partial charge is 0.494 e. The first-order valence-electron chi connectivity index (χ1n) is 7.14. The van der Waals surface area contributed by atoms with Crippen LogP contribution in [0, 0.1) is 0 Å². The molecule has 2 N–H and O–H groups in total. The van der Waals surface area contributed by atoms with Crippen molar-refractivity contribution in [2.24, 2.45) is 10.7 Å². The van der Waals surface area contributed by atoms with Crippen molar-refractivity contribution in [3.8, 4) is 5.75 Å². The van der Waals surface area contributed by atoms with Crippen LogP contribution < -0.4 is 10.5 Å². The quantitative estimate of drug-likeness (QED) is 0.451. The predicted molar refractivity (Wildman–Crippen MR) is 102 cm³/mol. The third kappa shape index (κ3) is 6.34. The lowest BCUT2D eigenvalue weighted by molar-refractivity contribution is 0.340. The number of hydrogen-bond donors (Lipinski definition) is 1. The van der Waals surface area contributed by atoms with Crippen molar-refractivity contribution in [3.05, 3.63) is 29.8 Å². The number of ether oxygens (including phenoxy) is 1. The van der Waals surface area contributed by atoms with Crippen LogP contribution >= 0.6 is 35.7 Å². The van der Waals surface area contributed by atoms with Crippen molar-refractivity contribution in [3.63, 3.8) is 0 Å². The van der Waals surface area contributed by atoms with Gasteiger partial charge in [0.1, 0.15) is 5.75 Å². The van der Waals surface area contributed by atoms with Gasteiger partial charge in [-0.1, -0.05) is 12.1 Å². The molecule has 1 aliphatic heterocycles. The summed E-state index contributed by atoms with van der Waals surface area (Å²) in [4.78, 5) is 6.66. The summed E-state index contributed by atoms with van der Waals surface area (Å²) in [5.41, 5.74) is 7.27. The van der Waals surface area contributed by atoms with E-state index in [1.807, 2.05) is 30.8 Å². The average molecular weight is 421 g/mol. The number of rotatable bonds is 5. The minimum absolute atomic E-state index is 0. The Labute approximate surface area is 148 Å². The van der Waals surface area contributed by atoms with E-state index < -0.39 is 0 Å². The number of halogens is 1. The van der Waals surface area contributed by atoms with Crippen molar-refractivity contribution in [1.82, 2.24) is 4.90 Å². The number of benzene rings is 1. The van der Waals surface area contributed by atoms with Gasteiger partial charge in [0, 0.05) is 31.1 Å². The molecular weight excluding hydrogens is 397 g/mol. The first-order valence-corrected chi connectivity index (χ1v) is 8.29. The van der Waals surface area contributed by atoms with Gasteiger partial charge in [0.2, 0.25) is 0 Å². The molecule has 0 bridgehead atoms. The van der Waals surface area contributed by atoms with E-state index in [0.717, 1.165) is 43.3 Å². The Morgan fingerprint density at radius 3 is 2.86 bits per heavy atom. The fourth-order valence-corrected chi connectivity index (χ4v) is 3.05. The second-order valence-electron chi connectivity index (χ2n) is 4.67. The van der Waals surface area contributed by atoms with Crippen LogP contribution in [0.15, 0.2) is 29.3 Å². The van der Waals surface area contributed by atoms with Gasteiger partial charge in [-0.3, -0.25) is 4.99 Å². The monoisotopic (exact) mass is 421 g/mol. The van der Waals surface area contributed by atoms with Crippen LogP contribution in [0.3, 0.4) is 0 Å². The van der Waals surface area contributed by atoms with Crippen LogP contribution in [0.2, 0.25) is 0 Å². The molecule has 4 nitrogen and oxygen atoms in total. The third-order valence-electron chi connectivity index (χ3n) is 3.22. The van der Waals surface area contributed by atoms with E-state index in [1.54, 1.807) is 0 Å². The fourth-order valence-electron chi connectivity index (χ4n) is 2.15. The number of nitrogens with two attached hydrogens (primary N) is 1. The molecular formula is C15H24IN3OS. The van der Waals surface area contributed by atoms with Gasteiger partial charge < -0.3 is 15.4 Å². The molecule has 0 aliphatic carbocycles. The fraction of sp³-hybridized carbons (Fsp3) is 0.533. The minimum Gasteiger partial charge on any atom is -0.494 e. The van der Waals surface area contributed by atoms with Crippen molar-refractivity contribution < 1.29 is 4.74 Å². The molecule has 21 heavy (non-hydrogen) atoms. The van der Waals surface area contributed by atoms with E-state index in [9.17, 15) is 0 Å². The van der Waals surface area contributed by atoms with Crippen molar-refractivity contribution in [1.29, 1.82) is 0 Å². The van der Waals surface area contributed by atoms with E-state index in [0.29, 0.717) is 12.6 Å². The molecule has 0 saturated carbocycles. The van der Waals surface area contributed by atoms with Crippen LogP contribution in [-0.4, -0.2) is 48.6 Å². The summed E-state index contributed by atoms with van der Waals surface area (Å²) >= 11 is 1.98. The Hall–Kier alpha value is -0.630. The van der Waals surface area contributed by atoms with Crippen LogP contribution in [0.25, 0.3) is 0 Å². The molecule has 118 valence electrons. The van der Waals surface area contributed by atoms with Crippen LogP contribution in [0.5, 0.6) is 5.75 Å². The van der Waals surface area contributed by atoms with E-state index >= 15 is 0 Å². The standard InChI is InChI=1S/C15H23N3OS.HI/c1-2-19-14-5-3-4-13(12-14)6-7-17-15(16)18-8-10-20-11-9-18;/h3-5,12H,2,6-11H2,1H3,(H2,16,17);1H. The van der Waals surface area contributed by atoms with Gasteiger partial charge >= 0.3 is 0 Å². The summed E-state index contributed by atoms with van der Waals surface area (Å²) in [5, 5.41) is 0. The molecule has 0 radical (unpaired) electrons. The molecule has 1 heterocycles. The molecule has 0 spiro atoms. The van der Waals surface area contributed by atoms with Crippen molar-refractivity contribution in [2.75, 3.05) is 37.7 Å². The highest BCUT2D eigenvalue weighted by Gasteiger charge is 2.11. The van der Waals surface area contributed by atoms with Crippen LogP contribution in [0.1, 0.15) is 12.5 Å². The van der Waals surface area contributed by atoms with Crippen molar-refractivity contribution in [2.45, 2.75) is 13.3 Å². The third-order valence-corrected chi connectivity index (χ3v) is 4.16. The summed E-state index contributed by atoms with van der Waals surface area (Å²) in [5.74, 6) is 3.90. The SMILES string of the molecule is CCOc1cccc(CCN=C(N)N2CCSCC2)c1.I. The number of nitrogens with zero attached hydrogens (tertiary/aromatic N) is 2. The molecule has 0 amide bonds. The van der Waals surface area contributed by atoms with E-state index in [4.69, 9.17) is 10.5 Å². The summed E-state index contributed by atoms with van der Waals surface area (Å²) in [6.07, 6.45) is 0.893. The van der Waals surface area contributed by atoms with E-state index in [-0.39, 0.29) is 24.0 Å². The Kier molecular flexibility index (Phi) is 8.91. The molecule has 1 aromatic rings. The number of aliphatic imine (C=N–C) groups is 1. The lowest BCUT2D eigenvalue weighted by Crippen LogP contribution is -2.42. The zero-order valence-electron chi connectivity index (χ0n) is 12.5. The Morgan fingerprint density at radius 2 is 2.14 bits per heavy atom. The maximum absolute atomic E-state index is 6.03. The first kappa shape index (κ1) is 18.4. The Balaban J connectivity index is 0.00000220. The normalized spacial score (nSPS) is 15.5.